The predicted octanol–water partition coefficient (Wildman–Crippen LogP) is 2.46. The molecule has 3 heteroatoms. The number of piperidine rings is 1. The van der Waals surface area contributed by atoms with Gasteiger partial charge in [0.15, 0.2) is 0 Å². The van der Waals surface area contributed by atoms with Crippen LogP contribution in [0.5, 0.6) is 0 Å². The van der Waals surface area contributed by atoms with E-state index in [0.29, 0.717) is 6.04 Å². The Morgan fingerprint density at radius 2 is 1.94 bits per heavy atom. The van der Waals surface area contributed by atoms with E-state index in [1.54, 1.807) is 0 Å². The summed E-state index contributed by atoms with van der Waals surface area (Å²) in [7, 11) is 0. The molecule has 1 atom stereocenters. The third kappa shape index (κ3) is 3.50. The van der Waals surface area contributed by atoms with Gasteiger partial charge < -0.3 is 5.32 Å². The van der Waals surface area contributed by atoms with E-state index in [4.69, 9.17) is 0 Å². The van der Waals surface area contributed by atoms with Crippen molar-refractivity contribution in [2.75, 3.05) is 6.54 Å². The van der Waals surface area contributed by atoms with Crippen molar-refractivity contribution in [1.29, 1.82) is 0 Å². The van der Waals surface area contributed by atoms with E-state index in [0.717, 1.165) is 18.8 Å². The van der Waals surface area contributed by atoms with Crippen LogP contribution < -0.4 is 5.32 Å². The third-order valence-electron chi connectivity index (χ3n) is 3.27. The fraction of sp³-hybridized carbons (Fsp3) is 0.714. The second-order valence-corrected chi connectivity index (χ2v) is 6.02. The highest BCUT2D eigenvalue weighted by molar-refractivity contribution is 5.11. The van der Waals surface area contributed by atoms with Crippen LogP contribution >= 0.6 is 0 Å². The molecule has 1 N–H and O–H groups in total. The van der Waals surface area contributed by atoms with Crippen LogP contribution in [0.15, 0.2) is 12.4 Å². The van der Waals surface area contributed by atoms with Gasteiger partial charge in [-0.1, -0.05) is 27.2 Å². The lowest BCUT2D eigenvalue weighted by Gasteiger charge is -2.23. The Morgan fingerprint density at radius 1 is 1.24 bits per heavy atom. The molecule has 0 saturated carbocycles. The molecule has 94 valence electrons. The Bertz CT molecular complexity index is 345. The van der Waals surface area contributed by atoms with Crippen molar-refractivity contribution in [2.24, 2.45) is 0 Å². The first-order valence-corrected chi connectivity index (χ1v) is 6.60. The smallest absolute Gasteiger partial charge is 0.133 e. The summed E-state index contributed by atoms with van der Waals surface area (Å²) in [6.45, 7) is 7.59. The van der Waals surface area contributed by atoms with Crippen LogP contribution in [0.4, 0.5) is 0 Å². The Kier molecular flexibility index (Phi) is 3.77. The molecule has 17 heavy (non-hydrogen) atoms. The minimum Gasteiger partial charge on any atom is -0.314 e. The van der Waals surface area contributed by atoms with Crippen molar-refractivity contribution in [3.63, 3.8) is 0 Å². The predicted molar refractivity (Wildman–Crippen MR) is 70.1 cm³/mol. The summed E-state index contributed by atoms with van der Waals surface area (Å²) in [6.07, 6.45) is 8.98. The molecule has 0 aromatic carbocycles. The molecule has 1 saturated heterocycles. The SMILES string of the molecule is CC(C)(C)c1ncc(CC2CCCCN2)cn1. The lowest BCUT2D eigenvalue weighted by atomic mass is 9.95. The summed E-state index contributed by atoms with van der Waals surface area (Å²) in [5.41, 5.74) is 1.29. The average molecular weight is 233 g/mol. The van der Waals surface area contributed by atoms with Crippen LogP contribution in [0.25, 0.3) is 0 Å². The van der Waals surface area contributed by atoms with Crippen molar-refractivity contribution in [3.8, 4) is 0 Å². The summed E-state index contributed by atoms with van der Waals surface area (Å²) in [5.74, 6) is 0.929. The van der Waals surface area contributed by atoms with Crippen molar-refractivity contribution in [2.45, 2.75) is 57.9 Å². The third-order valence-corrected chi connectivity index (χ3v) is 3.27. The number of aromatic nitrogens is 2. The number of hydrogen-bond donors (Lipinski definition) is 1. The van der Waals surface area contributed by atoms with Gasteiger partial charge in [-0.15, -0.1) is 0 Å². The van der Waals surface area contributed by atoms with E-state index in [1.807, 2.05) is 12.4 Å². The topological polar surface area (TPSA) is 37.8 Å². The first kappa shape index (κ1) is 12.5. The second-order valence-electron chi connectivity index (χ2n) is 6.02. The van der Waals surface area contributed by atoms with Gasteiger partial charge in [0, 0.05) is 23.9 Å². The van der Waals surface area contributed by atoms with E-state index >= 15 is 0 Å². The monoisotopic (exact) mass is 233 g/mol. The van der Waals surface area contributed by atoms with E-state index in [2.05, 4.69) is 36.1 Å². The van der Waals surface area contributed by atoms with E-state index in [-0.39, 0.29) is 5.41 Å². The molecule has 2 heterocycles. The Hall–Kier alpha value is -0.960. The van der Waals surface area contributed by atoms with E-state index in [9.17, 15) is 0 Å². The van der Waals surface area contributed by atoms with Crippen LogP contribution in [-0.4, -0.2) is 22.6 Å². The van der Waals surface area contributed by atoms with Gasteiger partial charge in [0.05, 0.1) is 0 Å². The molecule has 3 nitrogen and oxygen atoms in total. The normalized spacial score (nSPS) is 21.5. The molecule has 2 rings (SSSR count). The van der Waals surface area contributed by atoms with Gasteiger partial charge in [0.25, 0.3) is 0 Å². The van der Waals surface area contributed by atoms with Crippen molar-refractivity contribution in [3.05, 3.63) is 23.8 Å². The maximum Gasteiger partial charge on any atom is 0.133 e. The number of nitrogens with one attached hydrogen (secondary N) is 1. The first-order chi connectivity index (χ1) is 8.05. The molecule has 1 fully saturated rings. The average Bonchev–Trinajstić information content (AvgIpc) is 2.30. The van der Waals surface area contributed by atoms with Gasteiger partial charge in [-0.3, -0.25) is 0 Å². The van der Waals surface area contributed by atoms with E-state index < -0.39 is 0 Å². The molecular formula is C14H23N3. The summed E-state index contributed by atoms with van der Waals surface area (Å²) in [5, 5.41) is 3.56. The molecule has 0 aliphatic carbocycles. The van der Waals surface area contributed by atoms with Crippen LogP contribution in [0, 0.1) is 0 Å². The minimum absolute atomic E-state index is 0.0433. The maximum absolute atomic E-state index is 4.48. The molecule has 1 aliphatic heterocycles. The highest BCUT2D eigenvalue weighted by Crippen LogP contribution is 2.18. The van der Waals surface area contributed by atoms with Gasteiger partial charge in [-0.2, -0.15) is 0 Å². The standard InChI is InChI=1S/C14H23N3/c1-14(2,3)13-16-9-11(10-17-13)8-12-6-4-5-7-15-12/h9-10,12,15H,4-8H2,1-3H3. The first-order valence-electron chi connectivity index (χ1n) is 6.60. The van der Waals surface area contributed by atoms with Crippen molar-refractivity contribution < 1.29 is 0 Å². The van der Waals surface area contributed by atoms with Crippen LogP contribution in [0.3, 0.4) is 0 Å². The zero-order chi connectivity index (χ0) is 12.3. The second kappa shape index (κ2) is 5.13. The van der Waals surface area contributed by atoms with Gasteiger partial charge >= 0.3 is 0 Å². The van der Waals surface area contributed by atoms with E-state index in [1.165, 1.54) is 24.8 Å². The minimum atomic E-state index is 0.0433. The van der Waals surface area contributed by atoms with Gasteiger partial charge in [0.2, 0.25) is 0 Å². The van der Waals surface area contributed by atoms with Gasteiger partial charge in [-0.05, 0) is 31.4 Å². The number of rotatable bonds is 2. The summed E-state index contributed by atoms with van der Waals surface area (Å²) in [4.78, 5) is 8.95. The highest BCUT2D eigenvalue weighted by atomic mass is 14.9. The van der Waals surface area contributed by atoms with Crippen molar-refractivity contribution in [1.82, 2.24) is 15.3 Å². The van der Waals surface area contributed by atoms with Crippen molar-refractivity contribution >= 4 is 0 Å². The Labute approximate surface area is 104 Å². The molecule has 0 bridgehead atoms. The van der Waals surface area contributed by atoms with Gasteiger partial charge in [0.1, 0.15) is 5.82 Å². The molecule has 0 radical (unpaired) electrons. The quantitative estimate of drug-likeness (QED) is 0.852. The molecule has 1 aromatic heterocycles. The van der Waals surface area contributed by atoms with Crippen LogP contribution in [0.2, 0.25) is 0 Å². The number of hydrogen-bond acceptors (Lipinski definition) is 3. The summed E-state index contributed by atoms with van der Waals surface area (Å²) < 4.78 is 0. The Balaban J connectivity index is 1.98. The largest absolute Gasteiger partial charge is 0.314 e. The molecule has 1 aromatic rings. The lowest BCUT2D eigenvalue weighted by molar-refractivity contribution is 0.398. The molecule has 1 aliphatic rings. The summed E-state index contributed by atoms with van der Waals surface area (Å²) in [6, 6.07) is 0.618. The molecule has 1 unspecified atom stereocenters. The van der Waals surface area contributed by atoms with Crippen LogP contribution in [-0.2, 0) is 11.8 Å². The zero-order valence-corrected chi connectivity index (χ0v) is 11.2. The number of nitrogens with zero attached hydrogens (tertiary/aromatic N) is 2. The Morgan fingerprint density at radius 3 is 2.47 bits per heavy atom. The van der Waals surface area contributed by atoms with Crippen LogP contribution in [0.1, 0.15) is 51.4 Å². The molecule has 0 amide bonds. The fourth-order valence-electron chi connectivity index (χ4n) is 2.23. The lowest BCUT2D eigenvalue weighted by Crippen LogP contribution is -2.35. The highest BCUT2D eigenvalue weighted by Gasteiger charge is 2.18. The summed E-state index contributed by atoms with van der Waals surface area (Å²) >= 11 is 0. The fourth-order valence-corrected chi connectivity index (χ4v) is 2.23. The molecular weight excluding hydrogens is 210 g/mol. The molecule has 0 spiro atoms. The maximum atomic E-state index is 4.48. The van der Waals surface area contributed by atoms with Gasteiger partial charge in [-0.25, -0.2) is 9.97 Å². The zero-order valence-electron chi connectivity index (χ0n) is 11.2.